The molecule has 0 bridgehead atoms. The second-order valence-corrected chi connectivity index (χ2v) is 4.68. The van der Waals surface area contributed by atoms with E-state index >= 15 is 0 Å². The SMILES string of the molecule is CCn1ncc(Cl)c1C(=O)N/N=C/c1c(C)nn(C)c1F. The summed E-state index contributed by atoms with van der Waals surface area (Å²) >= 11 is 5.90. The first kappa shape index (κ1) is 15.2. The summed E-state index contributed by atoms with van der Waals surface area (Å²) in [4.78, 5) is 12.0. The molecule has 2 aromatic heterocycles. The van der Waals surface area contributed by atoms with Crippen molar-refractivity contribution in [2.75, 3.05) is 0 Å². The van der Waals surface area contributed by atoms with Gasteiger partial charge in [-0.15, -0.1) is 0 Å². The number of carbonyl (C=O) groups excluding carboxylic acids is 1. The molecule has 0 fully saturated rings. The fraction of sp³-hybridized carbons (Fsp3) is 0.333. The summed E-state index contributed by atoms with van der Waals surface area (Å²) in [6.07, 6.45) is 2.59. The number of nitrogens with one attached hydrogen (secondary N) is 1. The van der Waals surface area contributed by atoms with Gasteiger partial charge in [-0.1, -0.05) is 11.6 Å². The first-order valence-corrected chi connectivity index (χ1v) is 6.57. The van der Waals surface area contributed by atoms with E-state index in [2.05, 4.69) is 20.7 Å². The van der Waals surface area contributed by atoms with Crippen LogP contribution in [-0.2, 0) is 13.6 Å². The Morgan fingerprint density at radius 1 is 1.62 bits per heavy atom. The van der Waals surface area contributed by atoms with Gasteiger partial charge in [0.25, 0.3) is 5.91 Å². The Balaban J connectivity index is 2.14. The van der Waals surface area contributed by atoms with Gasteiger partial charge in [0.2, 0.25) is 5.95 Å². The summed E-state index contributed by atoms with van der Waals surface area (Å²) in [6.45, 7) is 3.97. The van der Waals surface area contributed by atoms with Crippen molar-refractivity contribution in [3.05, 3.63) is 34.1 Å². The van der Waals surface area contributed by atoms with Crippen LogP contribution in [-0.4, -0.2) is 31.7 Å². The van der Waals surface area contributed by atoms with Gasteiger partial charge in [-0.2, -0.15) is 19.7 Å². The average Bonchev–Trinajstić information content (AvgIpc) is 2.93. The molecule has 7 nitrogen and oxygen atoms in total. The summed E-state index contributed by atoms with van der Waals surface area (Å²) < 4.78 is 16.2. The highest BCUT2D eigenvalue weighted by Crippen LogP contribution is 2.14. The van der Waals surface area contributed by atoms with Crippen molar-refractivity contribution in [1.29, 1.82) is 0 Å². The van der Waals surface area contributed by atoms with E-state index in [1.165, 1.54) is 24.1 Å². The largest absolute Gasteiger partial charge is 0.291 e. The normalized spacial score (nSPS) is 11.3. The molecule has 0 aliphatic carbocycles. The van der Waals surface area contributed by atoms with Crippen LogP contribution in [0.2, 0.25) is 5.02 Å². The molecular weight excluding hydrogens is 299 g/mol. The molecule has 0 radical (unpaired) electrons. The summed E-state index contributed by atoms with van der Waals surface area (Å²) in [5, 5.41) is 11.8. The smallest absolute Gasteiger partial charge is 0.266 e. The highest BCUT2D eigenvalue weighted by Gasteiger charge is 2.16. The maximum Gasteiger partial charge on any atom is 0.291 e. The van der Waals surface area contributed by atoms with E-state index in [0.717, 1.165) is 4.68 Å². The van der Waals surface area contributed by atoms with Gasteiger partial charge in [-0.3, -0.25) is 9.48 Å². The zero-order valence-electron chi connectivity index (χ0n) is 11.8. The third kappa shape index (κ3) is 2.94. The van der Waals surface area contributed by atoms with Gasteiger partial charge in [0.05, 0.1) is 28.7 Å². The fourth-order valence-corrected chi connectivity index (χ4v) is 2.06. The van der Waals surface area contributed by atoms with E-state index in [1.54, 1.807) is 6.92 Å². The Bertz CT molecular complexity index is 705. The zero-order chi connectivity index (χ0) is 15.6. The molecule has 0 saturated heterocycles. The Morgan fingerprint density at radius 3 is 2.90 bits per heavy atom. The second-order valence-electron chi connectivity index (χ2n) is 4.27. The summed E-state index contributed by atoms with van der Waals surface area (Å²) in [6, 6.07) is 0. The molecule has 0 spiro atoms. The maximum atomic E-state index is 13.7. The minimum atomic E-state index is -0.526. The Hall–Kier alpha value is -2.22. The highest BCUT2D eigenvalue weighted by atomic mass is 35.5. The number of aromatic nitrogens is 4. The van der Waals surface area contributed by atoms with Crippen molar-refractivity contribution < 1.29 is 9.18 Å². The molecule has 21 heavy (non-hydrogen) atoms. The molecule has 0 unspecified atom stereocenters. The number of aryl methyl sites for hydroxylation is 3. The van der Waals surface area contributed by atoms with E-state index in [1.807, 2.05) is 6.92 Å². The molecule has 9 heteroatoms. The predicted molar refractivity (Wildman–Crippen MR) is 75.9 cm³/mol. The number of halogens is 2. The molecule has 1 N–H and O–H groups in total. The van der Waals surface area contributed by atoms with Crippen LogP contribution >= 0.6 is 11.6 Å². The topological polar surface area (TPSA) is 77.1 Å². The third-order valence-corrected chi connectivity index (χ3v) is 3.14. The van der Waals surface area contributed by atoms with Gasteiger partial charge in [0.15, 0.2) is 0 Å². The molecule has 2 aromatic rings. The Morgan fingerprint density at radius 2 is 2.33 bits per heavy atom. The highest BCUT2D eigenvalue weighted by molar-refractivity contribution is 6.33. The summed E-state index contributed by atoms with van der Waals surface area (Å²) in [5.41, 5.74) is 3.19. The van der Waals surface area contributed by atoms with Gasteiger partial charge in [0.1, 0.15) is 5.69 Å². The lowest BCUT2D eigenvalue weighted by atomic mass is 10.3. The van der Waals surface area contributed by atoms with Crippen molar-refractivity contribution in [2.45, 2.75) is 20.4 Å². The van der Waals surface area contributed by atoms with E-state index in [0.29, 0.717) is 12.2 Å². The van der Waals surface area contributed by atoms with Gasteiger partial charge in [-0.25, -0.2) is 10.1 Å². The van der Waals surface area contributed by atoms with Gasteiger partial charge in [-0.05, 0) is 13.8 Å². The minimum Gasteiger partial charge on any atom is -0.266 e. The Labute approximate surface area is 125 Å². The standard InChI is InChI=1S/C12H14ClFN6O/c1-4-20-10(9(13)6-16-20)12(21)17-15-5-8-7(2)18-19(3)11(8)14/h5-6H,4H2,1-3H3,(H,17,21)/b15-5+. The fourth-order valence-electron chi connectivity index (χ4n) is 1.83. The number of hydrogen-bond donors (Lipinski definition) is 1. The minimum absolute atomic E-state index is 0.208. The molecule has 2 heterocycles. The quantitative estimate of drug-likeness (QED) is 0.686. The number of hydrogen-bond acceptors (Lipinski definition) is 4. The van der Waals surface area contributed by atoms with Crippen LogP contribution in [0, 0.1) is 12.9 Å². The molecule has 2 rings (SSSR count). The van der Waals surface area contributed by atoms with Crippen molar-refractivity contribution in [2.24, 2.45) is 12.1 Å². The maximum absolute atomic E-state index is 13.7. The van der Waals surface area contributed by atoms with Crippen LogP contribution in [0.4, 0.5) is 4.39 Å². The zero-order valence-corrected chi connectivity index (χ0v) is 12.5. The Kier molecular flexibility index (Phi) is 4.37. The first-order chi connectivity index (χ1) is 9.95. The van der Waals surface area contributed by atoms with E-state index < -0.39 is 11.9 Å². The lowest BCUT2D eigenvalue weighted by Crippen LogP contribution is -2.22. The van der Waals surface area contributed by atoms with Crippen LogP contribution in [0.25, 0.3) is 0 Å². The van der Waals surface area contributed by atoms with E-state index in [-0.39, 0.29) is 16.3 Å². The van der Waals surface area contributed by atoms with Crippen LogP contribution in [0.3, 0.4) is 0 Å². The number of hydrazone groups is 1. The number of amides is 1. The number of carbonyl (C=O) groups is 1. The summed E-state index contributed by atoms with van der Waals surface area (Å²) in [7, 11) is 1.48. The average molecular weight is 313 g/mol. The third-order valence-electron chi connectivity index (χ3n) is 2.87. The molecule has 1 amide bonds. The molecule has 0 saturated carbocycles. The van der Waals surface area contributed by atoms with Crippen LogP contribution < -0.4 is 5.43 Å². The van der Waals surface area contributed by atoms with Gasteiger partial charge in [0, 0.05) is 13.6 Å². The van der Waals surface area contributed by atoms with Crippen LogP contribution in [0.15, 0.2) is 11.3 Å². The molecular formula is C12H14ClFN6O. The molecule has 0 aliphatic heterocycles. The van der Waals surface area contributed by atoms with E-state index in [4.69, 9.17) is 11.6 Å². The summed E-state index contributed by atoms with van der Waals surface area (Å²) in [5.74, 6) is -1.04. The molecule has 0 atom stereocenters. The first-order valence-electron chi connectivity index (χ1n) is 6.19. The lowest BCUT2D eigenvalue weighted by molar-refractivity contribution is 0.0944. The van der Waals surface area contributed by atoms with E-state index in [9.17, 15) is 9.18 Å². The monoisotopic (exact) mass is 312 g/mol. The van der Waals surface area contributed by atoms with Crippen LogP contribution in [0.1, 0.15) is 28.7 Å². The van der Waals surface area contributed by atoms with Crippen molar-refractivity contribution >= 4 is 23.7 Å². The second kappa shape index (κ2) is 6.04. The number of rotatable bonds is 4. The molecule has 0 aromatic carbocycles. The van der Waals surface area contributed by atoms with Gasteiger partial charge >= 0.3 is 0 Å². The molecule has 0 aliphatic rings. The molecule has 112 valence electrons. The van der Waals surface area contributed by atoms with Crippen molar-refractivity contribution in [1.82, 2.24) is 25.0 Å². The van der Waals surface area contributed by atoms with Gasteiger partial charge < -0.3 is 0 Å². The van der Waals surface area contributed by atoms with Crippen molar-refractivity contribution in [3.63, 3.8) is 0 Å². The number of nitrogens with zero attached hydrogens (tertiary/aromatic N) is 5. The van der Waals surface area contributed by atoms with Crippen molar-refractivity contribution in [3.8, 4) is 0 Å². The van der Waals surface area contributed by atoms with Crippen LogP contribution in [0.5, 0.6) is 0 Å². The predicted octanol–water partition coefficient (Wildman–Crippen LogP) is 1.50. The lowest BCUT2D eigenvalue weighted by Gasteiger charge is -2.03.